The summed E-state index contributed by atoms with van der Waals surface area (Å²) in [5, 5.41) is 8.92. The molecule has 1 aromatic carbocycles. The van der Waals surface area contributed by atoms with Crippen LogP contribution in [0.3, 0.4) is 0 Å². The summed E-state index contributed by atoms with van der Waals surface area (Å²) in [7, 11) is 0. The fourth-order valence-corrected chi connectivity index (χ4v) is 2.29. The number of carboxylic acids is 1. The zero-order valence-corrected chi connectivity index (χ0v) is 10.4. The first-order valence-electron chi connectivity index (χ1n) is 6.07. The van der Waals surface area contributed by atoms with Gasteiger partial charge in [0.15, 0.2) is 0 Å². The number of nitrogens with zero attached hydrogens (tertiary/aromatic N) is 1. The highest BCUT2D eigenvalue weighted by molar-refractivity contribution is 5.70. The van der Waals surface area contributed by atoms with Crippen molar-refractivity contribution in [3.63, 3.8) is 0 Å². The largest absolute Gasteiger partial charge is 0.481 e. The molecule has 1 heterocycles. The van der Waals surface area contributed by atoms with Crippen LogP contribution in [-0.4, -0.2) is 29.1 Å². The van der Waals surface area contributed by atoms with Gasteiger partial charge in [0.25, 0.3) is 0 Å². The number of aryl methyl sites for hydroxylation is 1. The molecule has 1 aliphatic heterocycles. The average Bonchev–Trinajstić information content (AvgIpc) is 2.24. The summed E-state index contributed by atoms with van der Waals surface area (Å²) in [6.07, 6.45) is 0. The van der Waals surface area contributed by atoms with Gasteiger partial charge >= 0.3 is 5.97 Å². The SMILES string of the molecule is Cc1ccccc1CN1CC(C(C)C(=O)O)C1. The second-order valence-electron chi connectivity index (χ2n) is 5.01. The summed E-state index contributed by atoms with van der Waals surface area (Å²) in [6, 6.07) is 8.36. The van der Waals surface area contributed by atoms with Crippen LogP contribution in [0.4, 0.5) is 0 Å². The summed E-state index contributed by atoms with van der Waals surface area (Å²) in [5.41, 5.74) is 2.65. The van der Waals surface area contributed by atoms with Gasteiger partial charge in [0.05, 0.1) is 5.92 Å². The minimum atomic E-state index is -0.675. The van der Waals surface area contributed by atoms with E-state index in [0.717, 1.165) is 19.6 Å². The summed E-state index contributed by atoms with van der Waals surface area (Å²) >= 11 is 0. The molecule has 17 heavy (non-hydrogen) atoms. The topological polar surface area (TPSA) is 40.5 Å². The smallest absolute Gasteiger partial charge is 0.306 e. The van der Waals surface area contributed by atoms with Gasteiger partial charge in [-0.1, -0.05) is 31.2 Å². The number of aliphatic carboxylic acids is 1. The first-order valence-corrected chi connectivity index (χ1v) is 6.07. The Kier molecular flexibility index (Phi) is 3.48. The monoisotopic (exact) mass is 233 g/mol. The molecule has 0 radical (unpaired) electrons. The zero-order chi connectivity index (χ0) is 12.4. The second kappa shape index (κ2) is 4.88. The molecule has 1 fully saturated rings. The van der Waals surface area contributed by atoms with Gasteiger partial charge in [-0.3, -0.25) is 9.69 Å². The van der Waals surface area contributed by atoms with Crippen molar-refractivity contribution in [1.82, 2.24) is 4.90 Å². The van der Waals surface area contributed by atoms with E-state index in [9.17, 15) is 4.79 Å². The Morgan fingerprint density at radius 1 is 1.47 bits per heavy atom. The van der Waals surface area contributed by atoms with E-state index in [1.807, 2.05) is 6.07 Å². The average molecular weight is 233 g/mol. The maximum atomic E-state index is 10.8. The van der Waals surface area contributed by atoms with Crippen LogP contribution in [0, 0.1) is 18.8 Å². The van der Waals surface area contributed by atoms with E-state index in [1.165, 1.54) is 11.1 Å². The van der Waals surface area contributed by atoms with Crippen LogP contribution in [0.1, 0.15) is 18.1 Å². The third-order valence-electron chi connectivity index (χ3n) is 3.74. The summed E-state index contributed by atoms with van der Waals surface area (Å²) in [6.45, 7) is 6.67. The van der Waals surface area contributed by atoms with E-state index < -0.39 is 5.97 Å². The number of carboxylic acid groups (broad SMARTS) is 1. The van der Waals surface area contributed by atoms with Crippen molar-refractivity contribution in [2.24, 2.45) is 11.8 Å². The maximum Gasteiger partial charge on any atom is 0.306 e. The third-order valence-corrected chi connectivity index (χ3v) is 3.74. The van der Waals surface area contributed by atoms with Gasteiger partial charge in [0, 0.05) is 19.6 Å². The Hall–Kier alpha value is -1.35. The normalized spacial score (nSPS) is 18.7. The number of benzene rings is 1. The van der Waals surface area contributed by atoms with Crippen molar-refractivity contribution in [1.29, 1.82) is 0 Å². The molecule has 1 N–H and O–H groups in total. The van der Waals surface area contributed by atoms with Crippen LogP contribution in [0.5, 0.6) is 0 Å². The van der Waals surface area contributed by atoms with E-state index in [0.29, 0.717) is 5.92 Å². The van der Waals surface area contributed by atoms with E-state index >= 15 is 0 Å². The predicted molar refractivity (Wildman–Crippen MR) is 66.7 cm³/mol. The summed E-state index contributed by atoms with van der Waals surface area (Å²) < 4.78 is 0. The van der Waals surface area contributed by atoms with Crippen LogP contribution in [0.25, 0.3) is 0 Å². The van der Waals surface area contributed by atoms with E-state index in [4.69, 9.17) is 5.11 Å². The van der Waals surface area contributed by atoms with Crippen LogP contribution >= 0.6 is 0 Å². The van der Waals surface area contributed by atoms with Gasteiger partial charge in [0.2, 0.25) is 0 Å². The molecule has 0 saturated carbocycles. The number of hydrogen-bond acceptors (Lipinski definition) is 2. The van der Waals surface area contributed by atoms with Gasteiger partial charge in [0.1, 0.15) is 0 Å². The minimum Gasteiger partial charge on any atom is -0.481 e. The van der Waals surface area contributed by atoms with Crippen molar-refractivity contribution in [2.45, 2.75) is 20.4 Å². The fraction of sp³-hybridized carbons (Fsp3) is 0.500. The molecule has 0 aliphatic carbocycles. The van der Waals surface area contributed by atoms with Gasteiger partial charge < -0.3 is 5.11 Å². The van der Waals surface area contributed by atoms with E-state index in [1.54, 1.807) is 6.92 Å². The fourth-order valence-electron chi connectivity index (χ4n) is 2.29. The predicted octanol–water partition coefficient (Wildman–Crippen LogP) is 2.15. The van der Waals surface area contributed by atoms with Crippen LogP contribution in [0.15, 0.2) is 24.3 Å². The molecule has 0 spiro atoms. The molecule has 1 atom stereocenters. The number of rotatable bonds is 4. The van der Waals surface area contributed by atoms with Crippen LogP contribution < -0.4 is 0 Å². The Morgan fingerprint density at radius 3 is 2.71 bits per heavy atom. The Morgan fingerprint density at radius 2 is 2.12 bits per heavy atom. The lowest BCUT2D eigenvalue weighted by Gasteiger charge is -2.41. The standard InChI is InChI=1S/C14H19NO2/c1-10-5-3-4-6-12(10)7-15-8-13(9-15)11(2)14(16)17/h3-6,11,13H,7-9H2,1-2H3,(H,16,17). The van der Waals surface area contributed by atoms with Crippen molar-refractivity contribution in [3.8, 4) is 0 Å². The van der Waals surface area contributed by atoms with Gasteiger partial charge in [-0.25, -0.2) is 0 Å². The molecule has 1 aromatic rings. The first-order chi connectivity index (χ1) is 8.08. The quantitative estimate of drug-likeness (QED) is 0.866. The number of likely N-dealkylation sites (tertiary alicyclic amines) is 1. The van der Waals surface area contributed by atoms with Crippen molar-refractivity contribution in [3.05, 3.63) is 35.4 Å². The Bertz CT molecular complexity index is 410. The Labute approximate surface area is 102 Å². The van der Waals surface area contributed by atoms with E-state index in [-0.39, 0.29) is 5.92 Å². The third kappa shape index (κ3) is 2.67. The molecule has 3 heteroatoms. The lowest BCUT2D eigenvalue weighted by atomic mass is 9.86. The highest BCUT2D eigenvalue weighted by Gasteiger charge is 2.34. The van der Waals surface area contributed by atoms with Crippen LogP contribution in [0.2, 0.25) is 0 Å². The lowest BCUT2D eigenvalue weighted by molar-refractivity contribution is -0.145. The first kappa shape index (κ1) is 12.1. The molecule has 1 aliphatic rings. The Balaban J connectivity index is 1.85. The van der Waals surface area contributed by atoms with Gasteiger partial charge in [-0.2, -0.15) is 0 Å². The molecule has 0 aromatic heterocycles. The van der Waals surface area contributed by atoms with Crippen molar-refractivity contribution >= 4 is 5.97 Å². The molecule has 92 valence electrons. The second-order valence-corrected chi connectivity index (χ2v) is 5.01. The maximum absolute atomic E-state index is 10.8. The molecule has 2 rings (SSSR count). The number of hydrogen-bond donors (Lipinski definition) is 1. The molecular weight excluding hydrogens is 214 g/mol. The van der Waals surface area contributed by atoms with Crippen molar-refractivity contribution < 1.29 is 9.90 Å². The summed E-state index contributed by atoms with van der Waals surface area (Å²) in [5.74, 6) is -0.579. The summed E-state index contributed by atoms with van der Waals surface area (Å²) in [4.78, 5) is 13.1. The molecule has 0 amide bonds. The van der Waals surface area contributed by atoms with Gasteiger partial charge in [-0.15, -0.1) is 0 Å². The molecule has 0 bridgehead atoms. The van der Waals surface area contributed by atoms with Gasteiger partial charge in [-0.05, 0) is 24.0 Å². The molecule has 3 nitrogen and oxygen atoms in total. The van der Waals surface area contributed by atoms with Crippen molar-refractivity contribution in [2.75, 3.05) is 13.1 Å². The minimum absolute atomic E-state index is 0.219. The highest BCUT2D eigenvalue weighted by atomic mass is 16.4. The molecular formula is C14H19NO2. The van der Waals surface area contributed by atoms with E-state index in [2.05, 4.69) is 30.0 Å². The highest BCUT2D eigenvalue weighted by Crippen LogP contribution is 2.26. The van der Waals surface area contributed by atoms with Crippen LogP contribution in [-0.2, 0) is 11.3 Å². The number of carbonyl (C=O) groups is 1. The molecule has 1 saturated heterocycles. The zero-order valence-electron chi connectivity index (χ0n) is 10.4. The lowest BCUT2D eigenvalue weighted by Crippen LogP contribution is -2.50. The molecule has 1 unspecified atom stereocenters.